The maximum atomic E-state index is 5.63. The van der Waals surface area contributed by atoms with Crippen LogP contribution >= 0.6 is 0 Å². The average molecular weight is 201 g/mol. The van der Waals surface area contributed by atoms with Crippen molar-refractivity contribution in [3.63, 3.8) is 0 Å². The molecular weight excluding hydrogens is 186 g/mol. The van der Waals surface area contributed by atoms with Gasteiger partial charge in [-0.25, -0.2) is 4.98 Å². The molecule has 0 saturated heterocycles. The van der Waals surface area contributed by atoms with Crippen LogP contribution in [0, 0.1) is 0 Å². The van der Waals surface area contributed by atoms with Crippen LogP contribution < -0.4 is 10.6 Å². The van der Waals surface area contributed by atoms with Crippen molar-refractivity contribution in [3.8, 4) is 0 Å². The largest absolute Gasteiger partial charge is 0.362 e. The highest BCUT2D eigenvalue weighted by atomic mass is 15.1. The Morgan fingerprint density at radius 3 is 2.73 bits per heavy atom. The van der Waals surface area contributed by atoms with Crippen LogP contribution in [0.3, 0.4) is 0 Å². The molecule has 1 heterocycles. The van der Waals surface area contributed by atoms with Gasteiger partial charge in [-0.05, 0) is 23.1 Å². The van der Waals surface area contributed by atoms with Crippen LogP contribution in [0.15, 0.2) is 30.5 Å². The lowest BCUT2D eigenvalue weighted by molar-refractivity contribution is 1.06. The van der Waals surface area contributed by atoms with Crippen LogP contribution in [-0.4, -0.2) is 19.1 Å². The molecule has 2 aromatic rings. The van der Waals surface area contributed by atoms with E-state index in [0.29, 0.717) is 6.54 Å². The van der Waals surface area contributed by atoms with Crippen molar-refractivity contribution in [1.82, 2.24) is 4.98 Å². The summed E-state index contributed by atoms with van der Waals surface area (Å²) in [6.07, 6.45) is 1.83. The molecule has 0 aliphatic rings. The second kappa shape index (κ2) is 3.87. The first-order chi connectivity index (χ1) is 7.22. The van der Waals surface area contributed by atoms with Gasteiger partial charge < -0.3 is 10.6 Å². The molecule has 0 spiro atoms. The summed E-state index contributed by atoms with van der Waals surface area (Å²) < 4.78 is 0. The van der Waals surface area contributed by atoms with Gasteiger partial charge in [-0.3, -0.25) is 0 Å². The van der Waals surface area contributed by atoms with Crippen LogP contribution in [0.4, 0.5) is 5.82 Å². The van der Waals surface area contributed by atoms with Crippen molar-refractivity contribution >= 4 is 16.6 Å². The Morgan fingerprint density at radius 2 is 2.07 bits per heavy atom. The van der Waals surface area contributed by atoms with Crippen LogP contribution in [0.2, 0.25) is 0 Å². The molecule has 2 N–H and O–H groups in total. The lowest BCUT2D eigenvalue weighted by atomic mass is 10.1. The summed E-state index contributed by atoms with van der Waals surface area (Å²) in [4.78, 5) is 6.38. The summed E-state index contributed by atoms with van der Waals surface area (Å²) in [5.74, 6) is 0.989. The zero-order valence-electron chi connectivity index (χ0n) is 9.07. The molecule has 78 valence electrons. The second-order valence-corrected chi connectivity index (χ2v) is 3.79. The fourth-order valence-electron chi connectivity index (χ4n) is 1.68. The molecule has 1 aromatic heterocycles. The van der Waals surface area contributed by atoms with E-state index in [1.807, 2.05) is 31.3 Å². The zero-order valence-corrected chi connectivity index (χ0v) is 9.07. The Labute approximate surface area is 89.5 Å². The van der Waals surface area contributed by atoms with Gasteiger partial charge in [0.2, 0.25) is 0 Å². The van der Waals surface area contributed by atoms with Gasteiger partial charge in [-0.1, -0.05) is 12.1 Å². The fourth-order valence-corrected chi connectivity index (χ4v) is 1.68. The van der Waals surface area contributed by atoms with Crippen molar-refractivity contribution in [2.45, 2.75) is 6.54 Å². The van der Waals surface area contributed by atoms with E-state index in [2.05, 4.69) is 23.2 Å². The quantitative estimate of drug-likeness (QED) is 0.805. The molecule has 15 heavy (non-hydrogen) atoms. The number of anilines is 1. The van der Waals surface area contributed by atoms with Crippen molar-refractivity contribution < 1.29 is 0 Å². The second-order valence-electron chi connectivity index (χ2n) is 3.79. The molecule has 0 bridgehead atoms. The van der Waals surface area contributed by atoms with Crippen LogP contribution in [0.1, 0.15) is 5.56 Å². The number of benzene rings is 1. The van der Waals surface area contributed by atoms with Gasteiger partial charge in [0.25, 0.3) is 0 Å². The molecule has 0 saturated carbocycles. The highest BCUT2D eigenvalue weighted by molar-refractivity contribution is 5.92. The van der Waals surface area contributed by atoms with Gasteiger partial charge in [0, 0.05) is 32.2 Å². The van der Waals surface area contributed by atoms with Crippen LogP contribution in [0.5, 0.6) is 0 Å². The van der Waals surface area contributed by atoms with Crippen LogP contribution in [0.25, 0.3) is 10.8 Å². The number of rotatable bonds is 2. The van der Waals surface area contributed by atoms with Crippen molar-refractivity contribution in [1.29, 1.82) is 0 Å². The Kier molecular flexibility index (Phi) is 2.56. The molecule has 0 fully saturated rings. The van der Waals surface area contributed by atoms with E-state index >= 15 is 0 Å². The Hall–Kier alpha value is -1.61. The first-order valence-corrected chi connectivity index (χ1v) is 4.97. The molecule has 2 rings (SSSR count). The number of hydrogen-bond donors (Lipinski definition) is 1. The minimum absolute atomic E-state index is 0.567. The number of nitrogens with zero attached hydrogens (tertiary/aromatic N) is 2. The van der Waals surface area contributed by atoms with Gasteiger partial charge in [0.1, 0.15) is 5.82 Å². The predicted octanol–water partition coefficient (Wildman–Crippen LogP) is 1.76. The number of nitrogens with two attached hydrogens (primary N) is 1. The molecule has 0 radical (unpaired) electrons. The highest BCUT2D eigenvalue weighted by Gasteiger charge is 2.04. The summed E-state index contributed by atoms with van der Waals surface area (Å²) in [5, 5.41) is 2.36. The lowest BCUT2D eigenvalue weighted by Crippen LogP contribution is -2.11. The van der Waals surface area contributed by atoms with Crippen molar-refractivity contribution in [2.75, 3.05) is 19.0 Å². The normalized spacial score (nSPS) is 10.6. The maximum absolute atomic E-state index is 5.63. The average Bonchev–Trinajstić information content (AvgIpc) is 2.27. The standard InChI is InChI=1S/C12H15N3/c1-15(2)12-11-7-9(8-13)3-4-10(11)5-6-14-12/h3-7H,8,13H2,1-2H3. The van der Waals surface area contributed by atoms with E-state index in [0.717, 1.165) is 16.8 Å². The smallest absolute Gasteiger partial charge is 0.135 e. The lowest BCUT2D eigenvalue weighted by Gasteiger charge is -2.14. The summed E-state index contributed by atoms with van der Waals surface area (Å²) in [6.45, 7) is 0.567. The third-order valence-corrected chi connectivity index (χ3v) is 2.47. The van der Waals surface area contributed by atoms with Crippen molar-refractivity contribution in [3.05, 3.63) is 36.0 Å². The number of aromatic nitrogens is 1. The fraction of sp³-hybridized carbons (Fsp3) is 0.250. The van der Waals surface area contributed by atoms with E-state index in [4.69, 9.17) is 5.73 Å². The summed E-state index contributed by atoms with van der Waals surface area (Å²) in [5.41, 5.74) is 6.77. The Bertz CT molecular complexity index is 477. The Morgan fingerprint density at radius 1 is 1.27 bits per heavy atom. The maximum Gasteiger partial charge on any atom is 0.135 e. The minimum Gasteiger partial charge on any atom is -0.362 e. The SMILES string of the molecule is CN(C)c1nccc2ccc(CN)cc12. The monoisotopic (exact) mass is 201 g/mol. The molecule has 3 heteroatoms. The predicted molar refractivity (Wildman–Crippen MR) is 64.0 cm³/mol. The van der Waals surface area contributed by atoms with Gasteiger partial charge in [0.05, 0.1) is 0 Å². The van der Waals surface area contributed by atoms with Gasteiger partial charge in [-0.15, -0.1) is 0 Å². The molecule has 0 unspecified atom stereocenters. The van der Waals surface area contributed by atoms with Gasteiger partial charge in [-0.2, -0.15) is 0 Å². The molecular formula is C12H15N3. The topological polar surface area (TPSA) is 42.2 Å². The van der Waals surface area contributed by atoms with E-state index in [1.54, 1.807) is 0 Å². The summed E-state index contributed by atoms with van der Waals surface area (Å²) >= 11 is 0. The number of hydrogen-bond acceptors (Lipinski definition) is 3. The summed E-state index contributed by atoms with van der Waals surface area (Å²) in [6, 6.07) is 8.27. The molecule has 1 aromatic carbocycles. The number of pyridine rings is 1. The Balaban J connectivity index is 2.70. The van der Waals surface area contributed by atoms with Gasteiger partial charge >= 0.3 is 0 Å². The third kappa shape index (κ3) is 1.78. The molecule has 3 nitrogen and oxygen atoms in total. The minimum atomic E-state index is 0.567. The zero-order chi connectivity index (χ0) is 10.8. The first kappa shape index (κ1) is 9.93. The number of fused-ring (bicyclic) bond motifs is 1. The third-order valence-electron chi connectivity index (χ3n) is 2.47. The highest BCUT2D eigenvalue weighted by Crippen LogP contribution is 2.23. The van der Waals surface area contributed by atoms with E-state index < -0.39 is 0 Å². The van der Waals surface area contributed by atoms with E-state index in [9.17, 15) is 0 Å². The van der Waals surface area contributed by atoms with Crippen molar-refractivity contribution in [2.24, 2.45) is 5.73 Å². The molecule has 0 aliphatic heterocycles. The molecule has 0 aliphatic carbocycles. The van der Waals surface area contributed by atoms with Crippen LogP contribution in [-0.2, 0) is 6.54 Å². The van der Waals surface area contributed by atoms with Gasteiger partial charge in [0.15, 0.2) is 0 Å². The molecule has 0 atom stereocenters. The summed E-state index contributed by atoms with van der Waals surface area (Å²) in [7, 11) is 3.99. The molecule has 0 amide bonds. The first-order valence-electron chi connectivity index (χ1n) is 4.97. The van der Waals surface area contributed by atoms with E-state index in [1.165, 1.54) is 5.39 Å². The van der Waals surface area contributed by atoms with E-state index in [-0.39, 0.29) is 0 Å².